The molecular weight excluding hydrogens is 437 g/mol. The van der Waals surface area contributed by atoms with Gasteiger partial charge in [-0.05, 0) is 63.0 Å². The van der Waals surface area contributed by atoms with Crippen LogP contribution in [0.25, 0.3) is 10.8 Å². The molecule has 4 heteroatoms. The Bertz CT molecular complexity index is 1220. The van der Waals surface area contributed by atoms with Crippen molar-refractivity contribution >= 4 is 40.5 Å². The summed E-state index contributed by atoms with van der Waals surface area (Å²) < 4.78 is 5.80. The Kier molecular flexibility index (Phi) is 7.34. The quantitative estimate of drug-likeness (QED) is 0.317. The van der Waals surface area contributed by atoms with Crippen molar-refractivity contribution in [2.75, 3.05) is 7.11 Å². The van der Waals surface area contributed by atoms with Gasteiger partial charge in [-0.15, -0.1) is 0 Å². The smallest absolute Gasteiger partial charge is 0.255 e. The van der Waals surface area contributed by atoms with E-state index in [4.69, 9.17) is 4.74 Å². The first-order valence-electron chi connectivity index (χ1n) is 11.8. The predicted octanol–water partition coefficient (Wildman–Crippen LogP) is 5.87. The van der Waals surface area contributed by atoms with E-state index >= 15 is 0 Å². The number of fused-ring (bicyclic) bond motifs is 1. The molecule has 0 saturated heterocycles. The van der Waals surface area contributed by atoms with Crippen molar-refractivity contribution in [3.8, 4) is 5.75 Å². The van der Waals surface area contributed by atoms with Gasteiger partial charge in [0.2, 0.25) is 0 Å². The van der Waals surface area contributed by atoms with Gasteiger partial charge in [0.15, 0.2) is 0 Å². The standard InChI is InChI=1S/C30H32NO2P/c1-21(2)31(22(3)4)30(32)29-27(20-19-23-13-12-18-26(33-5)28(23)29)34(24-14-8-6-9-15-24)25-16-10-7-11-17-25/h6-22H,1-5H3. The fourth-order valence-corrected chi connectivity index (χ4v) is 7.13. The number of hydrogen-bond donors (Lipinski definition) is 0. The summed E-state index contributed by atoms with van der Waals surface area (Å²) in [4.78, 5) is 16.4. The van der Waals surface area contributed by atoms with Gasteiger partial charge in [0, 0.05) is 17.5 Å². The molecule has 4 aromatic carbocycles. The van der Waals surface area contributed by atoms with Crippen LogP contribution in [0, 0.1) is 0 Å². The molecular formula is C30H32NO2P. The molecule has 0 aliphatic carbocycles. The Hall–Kier alpha value is -3.16. The Morgan fingerprint density at radius 2 is 1.29 bits per heavy atom. The van der Waals surface area contributed by atoms with E-state index in [1.54, 1.807) is 7.11 Å². The number of carbonyl (C=O) groups is 1. The Morgan fingerprint density at radius 1 is 0.735 bits per heavy atom. The zero-order valence-corrected chi connectivity index (χ0v) is 21.4. The van der Waals surface area contributed by atoms with Gasteiger partial charge >= 0.3 is 0 Å². The lowest BCUT2D eigenvalue weighted by Crippen LogP contribution is -2.44. The SMILES string of the molecule is COc1cccc2ccc(P(c3ccccc3)c3ccccc3)c(C(=O)N(C(C)C)C(C)C)c12. The summed E-state index contributed by atoms with van der Waals surface area (Å²) in [5.41, 5.74) is 0.746. The maximum Gasteiger partial charge on any atom is 0.255 e. The number of amides is 1. The monoisotopic (exact) mass is 469 g/mol. The van der Waals surface area contributed by atoms with Crippen molar-refractivity contribution in [1.29, 1.82) is 0 Å². The average Bonchev–Trinajstić information content (AvgIpc) is 2.84. The third-order valence-corrected chi connectivity index (χ3v) is 8.52. The van der Waals surface area contributed by atoms with Crippen LogP contribution in [0.15, 0.2) is 91.0 Å². The number of methoxy groups -OCH3 is 1. The summed E-state index contributed by atoms with van der Waals surface area (Å²) in [5.74, 6) is 0.778. The van der Waals surface area contributed by atoms with Gasteiger partial charge in [0.05, 0.1) is 12.7 Å². The lowest BCUT2D eigenvalue weighted by Gasteiger charge is -2.33. The van der Waals surface area contributed by atoms with Gasteiger partial charge in [-0.1, -0.05) is 84.9 Å². The van der Waals surface area contributed by atoms with E-state index in [-0.39, 0.29) is 18.0 Å². The maximum atomic E-state index is 14.4. The summed E-state index contributed by atoms with van der Waals surface area (Å²) in [6.07, 6.45) is 0. The highest BCUT2D eigenvalue weighted by Crippen LogP contribution is 2.39. The summed E-state index contributed by atoms with van der Waals surface area (Å²) in [7, 11) is 0.720. The molecule has 0 aliphatic rings. The van der Waals surface area contributed by atoms with Crippen molar-refractivity contribution in [2.45, 2.75) is 39.8 Å². The molecule has 3 nitrogen and oxygen atoms in total. The van der Waals surface area contributed by atoms with Gasteiger partial charge < -0.3 is 9.64 Å². The molecule has 0 atom stereocenters. The lowest BCUT2D eigenvalue weighted by atomic mass is 10.0. The van der Waals surface area contributed by atoms with E-state index in [1.807, 2.05) is 29.2 Å². The first-order chi connectivity index (χ1) is 16.4. The summed E-state index contributed by atoms with van der Waals surface area (Å²) >= 11 is 0. The fraction of sp³-hybridized carbons (Fsp3) is 0.233. The molecule has 0 aromatic heterocycles. The molecule has 174 valence electrons. The summed E-state index contributed by atoms with van der Waals surface area (Å²) in [6.45, 7) is 8.32. The van der Waals surface area contributed by atoms with Crippen molar-refractivity contribution in [2.24, 2.45) is 0 Å². The lowest BCUT2D eigenvalue weighted by molar-refractivity contribution is 0.0647. The number of rotatable bonds is 7. The van der Waals surface area contributed by atoms with Crippen LogP contribution in [0.5, 0.6) is 5.75 Å². The highest BCUT2D eigenvalue weighted by molar-refractivity contribution is 7.80. The number of carbonyl (C=O) groups excluding carboxylic acids is 1. The molecule has 1 amide bonds. The number of ether oxygens (including phenoxy) is 1. The van der Waals surface area contributed by atoms with Crippen LogP contribution in [-0.4, -0.2) is 30.0 Å². The van der Waals surface area contributed by atoms with E-state index in [1.165, 1.54) is 10.6 Å². The van der Waals surface area contributed by atoms with Crippen molar-refractivity contribution in [1.82, 2.24) is 4.90 Å². The second kappa shape index (κ2) is 10.4. The largest absolute Gasteiger partial charge is 0.496 e. The number of benzene rings is 4. The highest BCUT2D eigenvalue weighted by Gasteiger charge is 2.30. The van der Waals surface area contributed by atoms with Gasteiger partial charge in [0.1, 0.15) is 5.75 Å². The molecule has 0 bridgehead atoms. The minimum absolute atomic E-state index is 0.0504. The van der Waals surface area contributed by atoms with Crippen molar-refractivity contribution in [3.63, 3.8) is 0 Å². The van der Waals surface area contributed by atoms with Crippen molar-refractivity contribution < 1.29 is 9.53 Å². The fourth-order valence-electron chi connectivity index (χ4n) is 4.68. The molecule has 0 aliphatic heterocycles. The zero-order valence-electron chi connectivity index (χ0n) is 20.5. The second-order valence-corrected chi connectivity index (χ2v) is 11.1. The van der Waals surface area contributed by atoms with E-state index in [0.29, 0.717) is 0 Å². The molecule has 0 N–H and O–H groups in total. The van der Waals surface area contributed by atoms with Crippen LogP contribution in [-0.2, 0) is 0 Å². The van der Waals surface area contributed by atoms with Gasteiger partial charge in [-0.25, -0.2) is 0 Å². The van der Waals surface area contributed by atoms with Crippen LogP contribution < -0.4 is 20.7 Å². The zero-order chi connectivity index (χ0) is 24.2. The molecule has 0 radical (unpaired) electrons. The normalized spacial score (nSPS) is 11.4. The molecule has 0 heterocycles. The molecule has 0 spiro atoms. The summed E-state index contributed by atoms with van der Waals surface area (Å²) in [5, 5.41) is 5.38. The first-order valence-corrected chi connectivity index (χ1v) is 13.1. The Morgan fingerprint density at radius 3 is 1.79 bits per heavy atom. The number of hydrogen-bond acceptors (Lipinski definition) is 2. The first kappa shape index (κ1) is 24.0. The molecule has 0 fully saturated rings. The van der Waals surface area contributed by atoms with Crippen LogP contribution in [0.1, 0.15) is 38.1 Å². The highest BCUT2D eigenvalue weighted by atomic mass is 31.1. The molecule has 0 unspecified atom stereocenters. The van der Waals surface area contributed by atoms with Gasteiger partial charge in [0.25, 0.3) is 5.91 Å². The maximum absolute atomic E-state index is 14.4. The Labute approximate surface area is 204 Å². The summed E-state index contributed by atoms with van der Waals surface area (Å²) in [6, 6.07) is 31.5. The van der Waals surface area contributed by atoms with Crippen LogP contribution in [0.3, 0.4) is 0 Å². The van der Waals surface area contributed by atoms with Crippen LogP contribution >= 0.6 is 7.92 Å². The van der Waals surface area contributed by atoms with Gasteiger partial charge in [-0.2, -0.15) is 0 Å². The topological polar surface area (TPSA) is 29.5 Å². The third-order valence-electron chi connectivity index (χ3n) is 6.04. The predicted molar refractivity (Wildman–Crippen MR) is 146 cm³/mol. The van der Waals surface area contributed by atoms with Gasteiger partial charge in [-0.3, -0.25) is 4.79 Å². The minimum Gasteiger partial charge on any atom is -0.496 e. The van der Waals surface area contributed by atoms with Crippen LogP contribution in [0.2, 0.25) is 0 Å². The number of nitrogens with zero attached hydrogens (tertiary/aromatic N) is 1. The molecule has 34 heavy (non-hydrogen) atoms. The second-order valence-electron chi connectivity index (χ2n) is 8.92. The molecule has 4 rings (SSSR count). The Balaban J connectivity index is 2.09. The molecule has 4 aromatic rings. The minimum atomic E-state index is -0.956. The van der Waals surface area contributed by atoms with Crippen molar-refractivity contribution in [3.05, 3.63) is 96.6 Å². The third kappa shape index (κ3) is 4.58. The molecule has 0 saturated carbocycles. The van der Waals surface area contributed by atoms with E-state index in [9.17, 15) is 4.79 Å². The van der Waals surface area contributed by atoms with E-state index in [2.05, 4.69) is 94.4 Å². The van der Waals surface area contributed by atoms with Crippen LogP contribution in [0.4, 0.5) is 0 Å². The van der Waals surface area contributed by atoms with E-state index in [0.717, 1.165) is 27.4 Å². The average molecular weight is 470 g/mol. The van der Waals surface area contributed by atoms with E-state index < -0.39 is 7.92 Å².